The number of nitrogens with two attached hydrogens (primary N) is 1. The van der Waals surface area contributed by atoms with Crippen molar-refractivity contribution < 1.29 is 4.42 Å². The van der Waals surface area contributed by atoms with Crippen LogP contribution >= 0.6 is 0 Å². The summed E-state index contributed by atoms with van der Waals surface area (Å²) in [5, 5.41) is 3.40. The molecule has 0 saturated heterocycles. The Kier molecular flexibility index (Phi) is 4.56. The van der Waals surface area contributed by atoms with Gasteiger partial charge in [-0.1, -0.05) is 24.3 Å². The highest BCUT2D eigenvalue weighted by atomic mass is 16.3. The summed E-state index contributed by atoms with van der Waals surface area (Å²) in [5.74, 6) is 1.93. The molecule has 18 heavy (non-hydrogen) atoms. The zero-order valence-electron chi connectivity index (χ0n) is 10.8. The van der Waals surface area contributed by atoms with Gasteiger partial charge in [0.25, 0.3) is 0 Å². The van der Waals surface area contributed by atoms with Gasteiger partial charge in [-0.2, -0.15) is 0 Å². The first kappa shape index (κ1) is 12.9. The molecule has 0 fully saturated rings. The van der Waals surface area contributed by atoms with Crippen LogP contribution < -0.4 is 11.1 Å². The third-order valence-corrected chi connectivity index (χ3v) is 2.94. The lowest BCUT2D eigenvalue weighted by molar-refractivity contribution is 0.461. The van der Waals surface area contributed by atoms with E-state index in [1.54, 1.807) is 0 Å². The van der Waals surface area contributed by atoms with E-state index in [0.29, 0.717) is 6.54 Å². The Morgan fingerprint density at radius 2 is 1.83 bits per heavy atom. The first-order valence-electron chi connectivity index (χ1n) is 6.32. The fourth-order valence-corrected chi connectivity index (χ4v) is 2.03. The molecular formula is C15H20N2O. The summed E-state index contributed by atoms with van der Waals surface area (Å²) in [7, 11) is 0. The summed E-state index contributed by atoms with van der Waals surface area (Å²) in [6.45, 7) is 4.25. The van der Waals surface area contributed by atoms with E-state index in [1.165, 1.54) is 11.1 Å². The van der Waals surface area contributed by atoms with E-state index < -0.39 is 0 Å². The first-order chi connectivity index (χ1) is 8.79. The molecule has 1 heterocycles. The van der Waals surface area contributed by atoms with Gasteiger partial charge in [-0.15, -0.1) is 0 Å². The molecule has 3 nitrogen and oxygen atoms in total. The topological polar surface area (TPSA) is 51.2 Å². The minimum Gasteiger partial charge on any atom is -0.465 e. The van der Waals surface area contributed by atoms with E-state index >= 15 is 0 Å². The average molecular weight is 244 g/mol. The molecule has 3 heteroatoms. The van der Waals surface area contributed by atoms with Crippen molar-refractivity contribution in [2.45, 2.75) is 26.4 Å². The van der Waals surface area contributed by atoms with Crippen molar-refractivity contribution in [3.63, 3.8) is 0 Å². The molecule has 0 bridgehead atoms. The minimum absolute atomic E-state index is 0.689. The van der Waals surface area contributed by atoms with Crippen molar-refractivity contribution in [3.05, 3.63) is 59.0 Å². The number of hydrogen-bond acceptors (Lipinski definition) is 3. The summed E-state index contributed by atoms with van der Waals surface area (Å²) in [6, 6.07) is 12.4. The fraction of sp³-hybridized carbons (Fsp3) is 0.333. The lowest BCUT2D eigenvalue weighted by Gasteiger charge is -2.09. The molecule has 3 N–H and O–H groups in total. The summed E-state index contributed by atoms with van der Waals surface area (Å²) < 4.78 is 5.52. The number of furan rings is 1. The van der Waals surface area contributed by atoms with Crippen LogP contribution in [0.4, 0.5) is 0 Å². The second kappa shape index (κ2) is 6.38. The standard InChI is InChI=1S/C15H20N2O/c1-12-6-7-15(18-12)11-17-10-14-5-3-2-4-13(14)8-9-16/h2-7,17H,8-11,16H2,1H3. The van der Waals surface area contributed by atoms with Gasteiger partial charge in [0.15, 0.2) is 0 Å². The molecular weight excluding hydrogens is 224 g/mol. The highest BCUT2D eigenvalue weighted by Crippen LogP contribution is 2.10. The second-order valence-corrected chi connectivity index (χ2v) is 4.42. The monoisotopic (exact) mass is 244 g/mol. The van der Waals surface area contributed by atoms with Crippen LogP contribution in [0, 0.1) is 6.92 Å². The fourth-order valence-electron chi connectivity index (χ4n) is 2.03. The molecule has 0 saturated carbocycles. The Morgan fingerprint density at radius 3 is 2.50 bits per heavy atom. The normalized spacial score (nSPS) is 10.8. The van der Waals surface area contributed by atoms with E-state index in [1.807, 2.05) is 19.1 Å². The summed E-state index contributed by atoms with van der Waals surface area (Å²) in [4.78, 5) is 0. The average Bonchev–Trinajstić information content (AvgIpc) is 2.78. The van der Waals surface area contributed by atoms with Crippen molar-refractivity contribution >= 4 is 0 Å². The largest absolute Gasteiger partial charge is 0.465 e. The zero-order valence-corrected chi connectivity index (χ0v) is 10.8. The van der Waals surface area contributed by atoms with Crippen LogP contribution in [0.1, 0.15) is 22.6 Å². The van der Waals surface area contributed by atoms with Crippen LogP contribution in [-0.4, -0.2) is 6.54 Å². The maximum absolute atomic E-state index is 5.62. The highest BCUT2D eigenvalue weighted by Gasteiger charge is 2.02. The van der Waals surface area contributed by atoms with Gasteiger partial charge in [-0.05, 0) is 43.1 Å². The molecule has 0 spiro atoms. The molecule has 1 aromatic heterocycles. The van der Waals surface area contributed by atoms with E-state index in [0.717, 1.165) is 31.0 Å². The van der Waals surface area contributed by atoms with Gasteiger partial charge in [-0.3, -0.25) is 0 Å². The van der Waals surface area contributed by atoms with E-state index in [2.05, 4.69) is 29.6 Å². The van der Waals surface area contributed by atoms with Crippen LogP contribution in [0.2, 0.25) is 0 Å². The summed E-state index contributed by atoms with van der Waals surface area (Å²) in [5.41, 5.74) is 8.25. The third kappa shape index (κ3) is 3.45. The maximum Gasteiger partial charge on any atom is 0.117 e. The summed E-state index contributed by atoms with van der Waals surface area (Å²) >= 11 is 0. The SMILES string of the molecule is Cc1ccc(CNCc2ccccc2CCN)o1. The molecule has 0 amide bonds. The molecule has 0 radical (unpaired) electrons. The van der Waals surface area contributed by atoms with Gasteiger partial charge in [0.05, 0.1) is 6.54 Å². The molecule has 2 rings (SSSR count). The first-order valence-corrected chi connectivity index (χ1v) is 6.32. The Bertz CT molecular complexity index is 491. The molecule has 0 aliphatic carbocycles. The van der Waals surface area contributed by atoms with Crippen LogP contribution in [0.15, 0.2) is 40.8 Å². The lowest BCUT2D eigenvalue weighted by atomic mass is 10.0. The Labute approximate surface area is 108 Å². The van der Waals surface area contributed by atoms with E-state index in [-0.39, 0.29) is 0 Å². The molecule has 1 aromatic carbocycles. The molecule has 0 aliphatic heterocycles. The number of nitrogens with one attached hydrogen (secondary N) is 1. The molecule has 2 aromatic rings. The van der Waals surface area contributed by atoms with Crippen LogP contribution in [-0.2, 0) is 19.5 Å². The minimum atomic E-state index is 0.689. The van der Waals surface area contributed by atoms with Crippen LogP contribution in [0.25, 0.3) is 0 Å². The Morgan fingerprint density at radius 1 is 1.06 bits per heavy atom. The zero-order chi connectivity index (χ0) is 12.8. The van der Waals surface area contributed by atoms with Crippen molar-refractivity contribution in [2.24, 2.45) is 5.73 Å². The highest BCUT2D eigenvalue weighted by molar-refractivity contribution is 5.27. The Hall–Kier alpha value is -1.58. The van der Waals surface area contributed by atoms with Crippen molar-refractivity contribution in [3.8, 4) is 0 Å². The maximum atomic E-state index is 5.62. The molecule has 96 valence electrons. The van der Waals surface area contributed by atoms with Gasteiger partial charge < -0.3 is 15.5 Å². The smallest absolute Gasteiger partial charge is 0.117 e. The van der Waals surface area contributed by atoms with Gasteiger partial charge in [0.1, 0.15) is 11.5 Å². The molecule has 0 atom stereocenters. The van der Waals surface area contributed by atoms with Crippen LogP contribution in [0.3, 0.4) is 0 Å². The van der Waals surface area contributed by atoms with Crippen molar-refractivity contribution in [1.82, 2.24) is 5.32 Å². The van der Waals surface area contributed by atoms with Crippen molar-refractivity contribution in [2.75, 3.05) is 6.54 Å². The van der Waals surface area contributed by atoms with Crippen LogP contribution in [0.5, 0.6) is 0 Å². The number of rotatable bonds is 6. The van der Waals surface area contributed by atoms with E-state index in [9.17, 15) is 0 Å². The van der Waals surface area contributed by atoms with Gasteiger partial charge in [-0.25, -0.2) is 0 Å². The number of hydrogen-bond donors (Lipinski definition) is 2. The number of aryl methyl sites for hydroxylation is 1. The molecule has 0 unspecified atom stereocenters. The summed E-state index contributed by atoms with van der Waals surface area (Å²) in [6.07, 6.45) is 0.928. The van der Waals surface area contributed by atoms with E-state index in [4.69, 9.17) is 10.2 Å². The molecule has 0 aliphatic rings. The number of benzene rings is 1. The Balaban J connectivity index is 1.89. The van der Waals surface area contributed by atoms with Gasteiger partial charge in [0, 0.05) is 6.54 Å². The van der Waals surface area contributed by atoms with Gasteiger partial charge in [0.2, 0.25) is 0 Å². The second-order valence-electron chi connectivity index (χ2n) is 4.42. The predicted octanol–water partition coefficient (Wildman–Crippen LogP) is 2.38. The van der Waals surface area contributed by atoms with Crippen molar-refractivity contribution in [1.29, 1.82) is 0 Å². The third-order valence-electron chi connectivity index (χ3n) is 2.94. The van der Waals surface area contributed by atoms with Gasteiger partial charge >= 0.3 is 0 Å². The predicted molar refractivity (Wildman–Crippen MR) is 73.2 cm³/mol. The quantitative estimate of drug-likeness (QED) is 0.820. The lowest BCUT2D eigenvalue weighted by Crippen LogP contribution is -2.14.